The van der Waals surface area contributed by atoms with Crippen molar-refractivity contribution in [3.8, 4) is 23.0 Å². The Morgan fingerprint density at radius 1 is 1.20 bits per heavy atom. The van der Waals surface area contributed by atoms with Gasteiger partial charge in [-0.2, -0.15) is 0 Å². The van der Waals surface area contributed by atoms with Gasteiger partial charge in [0.2, 0.25) is 5.78 Å². The normalized spacial score (nSPS) is 20.2. The predicted molar refractivity (Wildman–Crippen MR) is 114 cm³/mol. The average Bonchev–Trinajstić information content (AvgIpc) is 3.07. The second-order valence-corrected chi connectivity index (χ2v) is 7.80. The lowest BCUT2D eigenvalue weighted by Crippen LogP contribution is -2.36. The number of rotatable bonds is 5. The number of nitrogens with zero attached hydrogens (tertiary/aromatic N) is 1. The van der Waals surface area contributed by atoms with E-state index in [1.165, 1.54) is 6.42 Å². The van der Waals surface area contributed by atoms with Crippen molar-refractivity contribution in [3.05, 3.63) is 52.8 Å². The van der Waals surface area contributed by atoms with Gasteiger partial charge >= 0.3 is 0 Å². The highest BCUT2D eigenvalue weighted by Gasteiger charge is 2.32. The molecule has 0 spiro atoms. The van der Waals surface area contributed by atoms with Gasteiger partial charge in [-0.1, -0.05) is 6.42 Å². The van der Waals surface area contributed by atoms with Crippen LogP contribution in [0.15, 0.2) is 36.1 Å². The SMILES string of the molecule is COc1ccc(OC)c(C=C2Oc3c(ccc(O)c3CN3CCCC[C@H]3C)C2=O)c1. The Kier molecular flexibility index (Phi) is 5.68. The van der Waals surface area contributed by atoms with E-state index in [1.807, 2.05) is 0 Å². The van der Waals surface area contributed by atoms with Gasteiger partial charge in [-0.25, -0.2) is 0 Å². The summed E-state index contributed by atoms with van der Waals surface area (Å²) in [5.74, 6) is 1.87. The molecule has 0 aromatic heterocycles. The number of ether oxygens (including phenoxy) is 3. The predicted octanol–water partition coefficient (Wildman–Crippen LogP) is 4.40. The van der Waals surface area contributed by atoms with Crippen LogP contribution < -0.4 is 14.2 Å². The lowest BCUT2D eigenvalue weighted by atomic mass is 10.0. The summed E-state index contributed by atoms with van der Waals surface area (Å²) >= 11 is 0. The number of ketones is 1. The summed E-state index contributed by atoms with van der Waals surface area (Å²) in [5.41, 5.74) is 1.82. The molecule has 0 amide bonds. The molecule has 2 aliphatic rings. The van der Waals surface area contributed by atoms with E-state index in [1.54, 1.807) is 50.6 Å². The van der Waals surface area contributed by atoms with Crippen molar-refractivity contribution in [1.82, 2.24) is 4.90 Å². The van der Waals surface area contributed by atoms with Crippen LogP contribution in [0.5, 0.6) is 23.0 Å². The van der Waals surface area contributed by atoms with Crippen LogP contribution in [0.3, 0.4) is 0 Å². The third-order valence-corrected chi connectivity index (χ3v) is 5.94. The molecule has 0 radical (unpaired) electrons. The van der Waals surface area contributed by atoms with Crippen LogP contribution in [0.4, 0.5) is 0 Å². The zero-order chi connectivity index (χ0) is 21.3. The second-order valence-electron chi connectivity index (χ2n) is 7.80. The third kappa shape index (κ3) is 3.75. The molecule has 158 valence electrons. The fraction of sp³-hybridized carbons (Fsp3) is 0.375. The van der Waals surface area contributed by atoms with Gasteiger partial charge in [-0.05, 0) is 62.7 Å². The number of carbonyl (C=O) groups is 1. The standard InChI is InChI=1S/C24H27NO5/c1-15-6-4-5-11-25(15)14-19-20(26)9-8-18-23(27)22(30-24(18)19)13-16-12-17(28-2)7-10-21(16)29-3/h7-10,12-13,15,26H,4-6,11,14H2,1-3H3/t15-/m1/s1. The largest absolute Gasteiger partial charge is 0.507 e. The molecule has 0 bridgehead atoms. The van der Waals surface area contributed by atoms with Gasteiger partial charge in [0.25, 0.3) is 0 Å². The number of phenols is 1. The summed E-state index contributed by atoms with van der Waals surface area (Å²) in [7, 11) is 3.16. The number of aromatic hydroxyl groups is 1. The average molecular weight is 409 g/mol. The van der Waals surface area contributed by atoms with Gasteiger partial charge < -0.3 is 19.3 Å². The molecule has 4 rings (SSSR count). The van der Waals surface area contributed by atoms with E-state index in [0.29, 0.717) is 46.5 Å². The molecule has 0 saturated carbocycles. The van der Waals surface area contributed by atoms with E-state index in [0.717, 1.165) is 19.4 Å². The smallest absolute Gasteiger partial charge is 0.231 e. The molecule has 2 aromatic carbocycles. The number of benzene rings is 2. The number of hydrogen-bond donors (Lipinski definition) is 1. The summed E-state index contributed by atoms with van der Waals surface area (Å²) in [6, 6.07) is 9.01. The Hall–Kier alpha value is -2.99. The highest BCUT2D eigenvalue weighted by molar-refractivity contribution is 6.15. The summed E-state index contributed by atoms with van der Waals surface area (Å²) in [6.45, 7) is 3.73. The number of phenolic OH excluding ortho intramolecular Hbond substituents is 1. The van der Waals surface area contributed by atoms with Crippen molar-refractivity contribution in [1.29, 1.82) is 0 Å². The Morgan fingerprint density at radius 2 is 2.03 bits per heavy atom. The van der Waals surface area contributed by atoms with Gasteiger partial charge in [0.1, 0.15) is 23.0 Å². The first-order valence-electron chi connectivity index (χ1n) is 10.3. The number of carbonyl (C=O) groups excluding carboxylic acids is 1. The van der Waals surface area contributed by atoms with Crippen LogP contribution in [0, 0.1) is 0 Å². The molecule has 2 aliphatic heterocycles. The van der Waals surface area contributed by atoms with E-state index >= 15 is 0 Å². The first-order valence-corrected chi connectivity index (χ1v) is 10.3. The van der Waals surface area contributed by atoms with Crippen LogP contribution in [0.1, 0.15) is 47.7 Å². The monoisotopic (exact) mass is 409 g/mol. The Balaban J connectivity index is 1.69. The molecule has 0 unspecified atom stereocenters. The number of methoxy groups -OCH3 is 2. The molecular formula is C24H27NO5. The topological polar surface area (TPSA) is 68.2 Å². The van der Waals surface area contributed by atoms with Gasteiger partial charge in [0, 0.05) is 18.2 Å². The van der Waals surface area contributed by atoms with Crippen molar-refractivity contribution < 1.29 is 24.1 Å². The summed E-state index contributed by atoms with van der Waals surface area (Å²) in [5, 5.41) is 10.5. The maximum Gasteiger partial charge on any atom is 0.231 e. The van der Waals surface area contributed by atoms with Crippen LogP contribution in [-0.4, -0.2) is 42.6 Å². The maximum absolute atomic E-state index is 13.0. The quantitative estimate of drug-likeness (QED) is 0.739. The van der Waals surface area contributed by atoms with Gasteiger partial charge in [-0.15, -0.1) is 0 Å². The minimum Gasteiger partial charge on any atom is -0.507 e. The van der Waals surface area contributed by atoms with Gasteiger partial charge in [-0.3, -0.25) is 9.69 Å². The number of fused-ring (bicyclic) bond motifs is 1. The summed E-state index contributed by atoms with van der Waals surface area (Å²) in [6.07, 6.45) is 5.16. The van der Waals surface area contributed by atoms with Crippen molar-refractivity contribution in [2.24, 2.45) is 0 Å². The van der Waals surface area contributed by atoms with Crippen molar-refractivity contribution in [2.75, 3.05) is 20.8 Å². The van der Waals surface area contributed by atoms with Gasteiger partial charge in [0.15, 0.2) is 5.76 Å². The molecule has 2 aromatic rings. The zero-order valence-electron chi connectivity index (χ0n) is 17.6. The van der Waals surface area contributed by atoms with E-state index in [9.17, 15) is 9.90 Å². The summed E-state index contributed by atoms with van der Waals surface area (Å²) in [4.78, 5) is 15.3. The molecule has 1 N–H and O–H groups in total. The fourth-order valence-electron chi connectivity index (χ4n) is 4.14. The molecule has 1 fully saturated rings. The molecule has 0 aliphatic carbocycles. The number of Topliss-reactive ketones (excluding diaryl/α,β-unsaturated/α-hetero) is 1. The Bertz CT molecular complexity index is 997. The number of hydrogen-bond acceptors (Lipinski definition) is 6. The highest BCUT2D eigenvalue weighted by Crippen LogP contribution is 2.41. The van der Waals surface area contributed by atoms with E-state index < -0.39 is 0 Å². The van der Waals surface area contributed by atoms with E-state index in [4.69, 9.17) is 14.2 Å². The molecule has 1 saturated heterocycles. The van der Waals surface area contributed by atoms with Crippen LogP contribution in [0.25, 0.3) is 6.08 Å². The highest BCUT2D eigenvalue weighted by atomic mass is 16.5. The second kappa shape index (κ2) is 8.40. The van der Waals surface area contributed by atoms with Crippen LogP contribution in [-0.2, 0) is 6.54 Å². The van der Waals surface area contributed by atoms with Crippen molar-refractivity contribution in [3.63, 3.8) is 0 Å². The fourth-order valence-corrected chi connectivity index (χ4v) is 4.14. The van der Waals surface area contributed by atoms with Crippen LogP contribution in [0.2, 0.25) is 0 Å². The number of piperidine rings is 1. The van der Waals surface area contributed by atoms with Gasteiger partial charge in [0.05, 0.1) is 25.3 Å². The molecule has 30 heavy (non-hydrogen) atoms. The van der Waals surface area contributed by atoms with E-state index in [2.05, 4.69) is 11.8 Å². The molecule has 6 nitrogen and oxygen atoms in total. The molecule has 2 heterocycles. The van der Waals surface area contributed by atoms with E-state index in [-0.39, 0.29) is 17.3 Å². The molecular weight excluding hydrogens is 382 g/mol. The lowest BCUT2D eigenvalue weighted by molar-refractivity contribution is 0.101. The van der Waals surface area contributed by atoms with Crippen molar-refractivity contribution in [2.45, 2.75) is 38.8 Å². The number of likely N-dealkylation sites (tertiary alicyclic amines) is 1. The first-order chi connectivity index (χ1) is 14.5. The third-order valence-electron chi connectivity index (χ3n) is 5.94. The summed E-state index contributed by atoms with van der Waals surface area (Å²) < 4.78 is 16.7. The minimum absolute atomic E-state index is 0.152. The van der Waals surface area contributed by atoms with Crippen LogP contribution >= 0.6 is 0 Å². The number of allylic oxidation sites excluding steroid dienone is 1. The maximum atomic E-state index is 13.0. The molecule has 6 heteroatoms. The Morgan fingerprint density at radius 3 is 2.77 bits per heavy atom. The lowest BCUT2D eigenvalue weighted by Gasteiger charge is -2.33. The Labute approximate surface area is 176 Å². The molecule has 1 atom stereocenters. The first kappa shape index (κ1) is 20.3. The zero-order valence-corrected chi connectivity index (χ0v) is 17.6. The van der Waals surface area contributed by atoms with Crippen molar-refractivity contribution >= 4 is 11.9 Å². The minimum atomic E-state index is -0.206.